The van der Waals surface area contributed by atoms with Gasteiger partial charge in [-0.1, -0.05) is 0 Å². The fourth-order valence-electron chi connectivity index (χ4n) is 1.74. The molecule has 0 fully saturated rings. The highest BCUT2D eigenvalue weighted by Gasteiger charge is 2.11. The molecule has 0 spiro atoms. The van der Waals surface area contributed by atoms with Gasteiger partial charge in [0.25, 0.3) is 0 Å². The Hall–Kier alpha value is -1.73. The molecule has 0 radical (unpaired) electrons. The number of hydrogen-bond acceptors (Lipinski definition) is 2. The van der Waals surface area contributed by atoms with Crippen molar-refractivity contribution in [3.8, 4) is 5.75 Å². The predicted octanol–water partition coefficient (Wildman–Crippen LogP) is 4.93. The Kier molecular flexibility index (Phi) is 5.68. The quantitative estimate of drug-likeness (QED) is 0.729. The van der Waals surface area contributed by atoms with E-state index in [9.17, 15) is 8.78 Å². The molecule has 2 N–H and O–H groups in total. The van der Waals surface area contributed by atoms with Gasteiger partial charge in [-0.2, -0.15) is 0 Å². The van der Waals surface area contributed by atoms with E-state index in [-0.39, 0.29) is 15.3 Å². The minimum absolute atomic E-state index is 0.0739. The van der Waals surface area contributed by atoms with E-state index < -0.39 is 11.6 Å². The molecule has 7 heteroatoms. The van der Waals surface area contributed by atoms with Gasteiger partial charge in [-0.3, -0.25) is 0 Å². The predicted molar refractivity (Wildman–Crippen MR) is 91.5 cm³/mol. The number of benzene rings is 2. The van der Waals surface area contributed by atoms with Crippen LogP contribution in [-0.4, -0.2) is 11.7 Å². The molecule has 0 unspecified atom stereocenters. The molecule has 116 valence electrons. The van der Waals surface area contributed by atoms with Crippen molar-refractivity contribution in [1.29, 1.82) is 0 Å². The topological polar surface area (TPSA) is 33.3 Å². The fraction of sp³-hybridized carbons (Fsp3) is 0.133. The summed E-state index contributed by atoms with van der Waals surface area (Å²) in [6.07, 6.45) is 0. The van der Waals surface area contributed by atoms with E-state index >= 15 is 0 Å². The van der Waals surface area contributed by atoms with Gasteiger partial charge < -0.3 is 15.4 Å². The van der Waals surface area contributed by atoms with Gasteiger partial charge in [0.05, 0.1) is 12.3 Å². The molecule has 2 aromatic rings. The van der Waals surface area contributed by atoms with Gasteiger partial charge in [0, 0.05) is 16.2 Å². The zero-order valence-corrected chi connectivity index (χ0v) is 14.0. The standard InChI is InChI=1S/C15H13BrF2N2OS/c1-2-21-11-5-3-10(4-6-11)19-15(22)20-14-12(16)7-9(17)8-13(14)18/h3-8H,2H2,1H3,(H2,19,20,22). The average Bonchev–Trinajstić information content (AvgIpc) is 2.45. The molecule has 0 aliphatic rings. The maximum atomic E-state index is 13.7. The molecule has 0 bridgehead atoms. The van der Waals surface area contributed by atoms with Crippen molar-refractivity contribution in [1.82, 2.24) is 0 Å². The van der Waals surface area contributed by atoms with Crippen LogP contribution in [0.15, 0.2) is 40.9 Å². The molecule has 0 aromatic heterocycles. The van der Waals surface area contributed by atoms with Crippen LogP contribution < -0.4 is 15.4 Å². The maximum Gasteiger partial charge on any atom is 0.175 e. The van der Waals surface area contributed by atoms with Crippen LogP contribution in [0.5, 0.6) is 5.75 Å². The lowest BCUT2D eigenvalue weighted by atomic mass is 10.3. The van der Waals surface area contributed by atoms with Gasteiger partial charge >= 0.3 is 0 Å². The Labute approximate surface area is 140 Å². The first-order valence-corrected chi connectivity index (χ1v) is 7.65. The number of anilines is 2. The summed E-state index contributed by atoms with van der Waals surface area (Å²) in [6.45, 7) is 2.49. The number of hydrogen-bond donors (Lipinski definition) is 2. The lowest BCUT2D eigenvalue weighted by Gasteiger charge is -2.13. The Morgan fingerprint density at radius 2 is 1.86 bits per heavy atom. The second-order valence-corrected chi connectivity index (χ2v) is 5.54. The maximum absolute atomic E-state index is 13.7. The molecule has 0 heterocycles. The molecule has 3 nitrogen and oxygen atoms in total. The number of ether oxygens (including phenoxy) is 1. The average molecular weight is 387 g/mol. The third-order valence-electron chi connectivity index (χ3n) is 2.67. The molecule has 0 aliphatic carbocycles. The van der Waals surface area contributed by atoms with Crippen molar-refractivity contribution in [2.45, 2.75) is 6.92 Å². The van der Waals surface area contributed by atoms with Crippen LogP contribution in [0.2, 0.25) is 0 Å². The number of halogens is 3. The minimum atomic E-state index is -0.734. The molecule has 2 rings (SSSR count). The van der Waals surface area contributed by atoms with E-state index in [1.165, 1.54) is 0 Å². The van der Waals surface area contributed by atoms with Crippen LogP contribution in [0.3, 0.4) is 0 Å². The molecular formula is C15H13BrF2N2OS. The largest absolute Gasteiger partial charge is 0.494 e. The zero-order valence-electron chi connectivity index (χ0n) is 11.6. The fourth-order valence-corrected chi connectivity index (χ4v) is 2.47. The smallest absolute Gasteiger partial charge is 0.175 e. The highest BCUT2D eigenvalue weighted by atomic mass is 79.9. The van der Waals surface area contributed by atoms with Crippen molar-refractivity contribution < 1.29 is 13.5 Å². The van der Waals surface area contributed by atoms with Gasteiger partial charge in [0.15, 0.2) is 10.9 Å². The van der Waals surface area contributed by atoms with Crippen molar-refractivity contribution in [3.63, 3.8) is 0 Å². The first-order valence-electron chi connectivity index (χ1n) is 6.45. The van der Waals surface area contributed by atoms with Crippen molar-refractivity contribution in [2.24, 2.45) is 0 Å². The molecule has 0 atom stereocenters. The van der Waals surface area contributed by atoms with Crippen LogP contribution in [0.4, 0.5) is 20.2 Å². The summed E-state index contributed by atoms with van der Waals surface area (Å²) in [5.41, 5.74) is 0.796. The second kappa shape index (κ2) is 7.51. The molecule has 2 aromatic carbocycles. The molecule has 22 heavy (non-hydrogen) atoms. The molecule has 0 amide bonds. The summed E-state index contributed by atoms with van der Waals surface area (Å²) in [6, 6.07) is 9.10. The van der Waals surface area contributed by atoms with Gasteiger partial charge in [0.2, 0.25) is 0 Å². The second-order valence-electron chi connectivity index (χ2n) is 4.28. The van der Waals surface area contributed by atoms with Gasteiger partial charge in [-0.25, -0.2) is 8.78 Å². The van der Waals surface area contributed by atoms with Crippen LogP contribution in [0.1, 0.15) is 6.92 Å². The van der Waals surface area contributed by atoms with Crippen molar-refractivity contribution >= 4 is 44.6 Å². The van der Waals surface area contributed by atoms with Crippen molar-refractivity contribution in [2.75, 3.05) is 17.2 Å². The lowest BCUT2D eigenvalue weighted by Crippen LogP contribution is -2.20. The van der Waals surface area contributed by atoms with Crippen molar-refractivity contribution in [3.05, 3.63) is 52.5 Å². The molecule has 0 aliphatic heterocycles. The molecular weight excluding hydrogens is 374 g/mol. The third-order valence-corrected chi connectivity index (χ3v) is 3.50. The summed E-state index contributed by atoms with van der Waals surface area (Å²) in [5.74, 6) is -0.651. The Morgan fingerprint density at radius 3 is 2.45 bits per heavy atom. The summed E-state index contributed by atoms with van der Waals surface area (Å²) in [4.78, 5) is 0. The number of rotatable bonds is 4. The highest BCUT2D eigenvalue weighted by Crippen LogP contribution is 2.27. The van der Waals surface area contributed by atoms with E-state index in [2.05, 4.69) is 26.6 Å². The Balaban J connectivity index is 2.04. The van der Waals surface area contributed by atoms with Gasteiger partial charge in [-0.15, -0.1) is 0 Å². The van der Waals surface area contributed by atoms with Crippen LogP contribution in [0, 0.1) is 11.6 Å². The number of thiocarbonyl (C=S) groups is 1. The first-order chi connectivity index (χ1) is 10.5. The van der Waals surface area contributed by atoms with Crippen LogP contribution in [-0.2, 0) is 0 Å². The minimum Gasteiger partial charge on any atom is -0.494 e. The van der Waals surface area contributed by atoms with Gasteiger partial charge in [-0.05, 0) is 65.4 Å². The van der Waals surface area contributed by atoms with E-state index in [0.29, 0.717) is 6.61 Å². The van der Waals surface area contributed by atoms with Crippen LogP contribution >= 0.6 is 28.1 Å². The summed E-state index contributed by atoms with van der Waals surface area (Å²) in [5, 5.41) is 5.80. The normalized spacial score (nSPS) is 10.2. The van der Waals surface area contributed by atoms with E-state index in [1.54, 1.807) is 24.3 Å². The first kappa shape index (κ1) is 16.6. The van der Waals surface area contributed by atoms with E-state index in [4.69, 9.17) is 17.0 Å². The Morgan fingerprint density at radius 1 is 1.18 bits per heavy atom. The molecule has 0 saturated heterocycles. The third kappa shape index (κ3) is 4.38. The number of nitrogens with one attached hydrogen (secondary N) is 2. The van der Waals surface area contributed by atoms with Gasteiger partial charge in [0.1, 0.15) is 11.6 Å². The SMILES string of the molecule is CCOc1ccc(NC(=S)Nc2c(F)cc(F)cc2Br)cc1. The summed E-state index contributed by atoms with van der Waals surface area (Å²) < 4.78 is 32.3. The van der Waals surface area contributed by atoms with E-state index in [1.807, 2.05) is 6.92 Å². The zero-order chi connectivity index (χ0) is 16.1. The lowest BCUT2D eigenvalue weighted by molar-refractivity contribution is 0.340. The monoisotopic (exact) mass is 386 g/mol. The van der Waals surface area contributed by atoms with Crippen LogP contribution in [0.25, 0.3) is 0 Å². The highest BCUT2D eigenvalue weighted by molar-refractivity contribution is 9.10. The summed E-state index contributed by atoms with van der Waals surface area (Å²) in [7, 11) is 0. The summed E-state index contributed by atoms with van der Waals surface area (Å²) >= 11 is 8.21. The molecule has 0 saturated carbocycles. The Bertz CT molecular complexity index is 657. The van der Waals surface area contributed by atoms with E-state index in [0.717, 1.165) is 23.6 Å².